The molecule has 2 rings (SSSR count). The number of aromatic nitrogens is 2. The number of aryl methyl sites for hydroxylation is 2. The van der Waals surface area contributed by atoms with Gasteiger partial charge in [-0.2, -0.15) is 5.10 Å². The molecule has 2 N–H and O–H groups in total. The molecule has 0 spiro atoms. The summed E-state index contributed by atoms with van der Waals surface area (Å²) in [5, 5.41) is 10.5. The highest BCUT2D eigenvalue weighted by Gasteiger charge is 2.09. The van der Waals surface area contributed by atoms with Gasteiger partial charge in [-0.15, -0.1) is 0 Å². The van der Waals surface area contributed by atoms with Crippen molar-refractivity contribution in [2.75, 3.05) is 5.32 Å². The number of anilines is 1. The van der Waals surface area contributed by atoms with E-state index in [9.17, 15) is 4.79 Å². The average Bonchev–Trinajstić information content (AvgIpc) is 2.75. The van der Waals surface area contributed by atoms with E-state index in [4.69, 9.17) is 4.74 Å². The number of aromatic amines is 1. The van der Waals surface area contributed by atoms with Crippen LogP contribution >= 0.6 is 0 Å². The molecule has 5 nitrogen and oxygen atoms in total. The lowest BCUT2D eigenvalue weighted by molar-refractivity contribution is 0.0378. The van der Waals surface area contributed by atoms with Crippen molar-refractivity contribution in [3.63, 3.8) is 0 Å². The molecule has 0 fully saturated rings. The molecule has 0 aliphatic heterocycles. The lowest BCUT2D eigenvalue weighted by atomic mass is 10.1. The summed E-state index contributed by atoms with van der Waals surface area (Å²) in [6.07, 6.45) is -0.109. The fraction of sp³-hybridized carbons (Fsp3) is 0.375. The first-order valence-corrected chi connectivity index (χ1v) is 7.02. The van der Waals surface area contributed by atoms with Gasteiger partial charge in [-0.05, 0) is 52.0 Å². The molecule has 0 aliphatic carbocycles. The first kappa shape index (κ1) is 15.1. The second-order valence-electron chi connectivity index (χ2n) is 5.30. The van der Waals surface area contributed by atoms with Gasteiger partial charge in [0.05, 0.1) is 17.4 Å². The standard InChI is InChI=1S/C16H21N3O2/c1-10(2)21-16(20)13-5-7-14(8-6-13)17-9-15-11(3)18-19-12(15)4/h5-8,10,17H,9H2,1-4H3,(H,18,19). The summed E-state index contributed by atoms with van der Waals surface area (Å²) in [7, 11) is 0. The van der Waals surface area contributed by atoms with E-state index in [1.54, 1.807) is 12.1 Å². The zero-order chi connectivity index (χ0) is 15.4. The minimum Gasteiger partial charge on any atom is -0.459 e. The van der Waals surface area contributed by atoms with E-state index < -0.39 is 0 Å². The van der Waals surface area contributed by atoms with Crippen LogP contribution < -0.4 is 5.32 Å². The molecule has 1 aromatic carbocycles. The molecule has 0 bridgehead atoms. The molecule has 1 heterocycles. The van der Waals surface area contributed by atoms with Gasteiger partial charge >= 0.3 is 5.97 Å². The zero-order valence-corrected chi connectivity index (χ0v) is 12.9. The van der Waals surface area contributed by atoms with Crippen molar-refractivity contribution in [3.8, 4) is 0 Å². The predicted octanol–water partition coefficient (Wildman–Crippen LogP) is 3.20. The van der Waals surface area contributed by atoms with E-state index >= 15 is 0 Å². The maximum atomic E-state index is 11.7. The lowest BCUT2D eigenvalue weighted by Gasteiger charge is -2.09. The number of hydrogen-bond donors (Lipinski definition) is 2. The third kappa shape index (κ3) is 3.84. The number of nitrogens with one attached hydrogen (secondary N) is 2. The Bertz CT molecular complexity index is 595. The Balaban J connectivity index is 1.98. The van der Waals surface area contributed by atoms with Crippen LogP contribution in [0.1, 0.15) is 41.2 Å². The van der Waals surface area contributed by atoms with Crippen LogP contribution in [-0.4, -0.2) is 22.3 Å². The summed E-state index contributed by atoms with van der Waals surface area (Å²) in [6.45, 7) is 8.35. The second-order valence-corrected chi connectivity index (χ2v) is 5.30. The molecule has 0 atom stereocenters. The summed E-state index contributed by atoms with van der Waals surface area (Å²) in [5.74, 6) is -0.293. The molecule has 5 heteroatoms. The number of nitrogens with zero attached hydrogens (tertiary/aromatic N) is 1. The topological polar surface area (TPSA) is 67.0 Å². The van der Waals surface area contributed by atoms with Crippen LogP contribution in [0.2, 0.25) is 0 Å². The highest BCUT2D eigenvalue weighted by Crippen LogP contribution is 2.15. The molecule has 112 valence electrons. The largest absolute Gasteiger partial charge is 0.459 e. The molecule has 2 aromatic rings. The molecule has 0 unspecified atom stereocenters. The van der Waals surface area contributed by atoms with Crippen LogP contribution in [0.15, 0.2) is 24.3 Å². The number of esters is 1. The molecule has 0 saturated carbocycles. The van der Waals surface area contributed by atoms with E-state index in [1.807, 2.05) is 39.8 Å². The number of benzene rings is 1. The maximum Gasteiger partial charge on any atom is 0.338 e. The van der Waals surface area contributed by atoms with E-state index in [-0.39, 0.29) is 12.1 Å². The minimum atomic E-state index is -0.293. The van der Waals surface area contributed by atoms with Crippen molar-refractivity contribution in [2.24, 2.45) is 0 Å². The summed E-state index contributed by atoms with van der Waals surface area (Å²) in [6, 6.07) is 7.29. The van der Waals surface area contributed by atoms with Crippen molar-refractivity contribution in [2.45, 2.75) is 40.3 Å². The number of H-pyrrole nitrogens is 1. The summed E-state index contributed by atoms with van der Waals surface area (Å²) < 4.78 is 5.15. The van der Waals surface area contributed by atoms with Gasteiger partial charge < -0.3 is 10.1 Å². The molecule has 21 heavy (non-hydrogen) atoms. The Hall–Kier alpha value is -2.30. The van der Waals surface area contributed by atoms with E-state index in [0.717, 1.165) is 17.1 Å². The minimum absolute atomic E-state index is 0.109. The molecule has 0 saturated heterocycles. The van der Waals surface area contributed by atoms with Crippen molar-refractivity contribution < 1.29 is 9.53 Å². The van der Waals surface area contributed by atoms with Crippen molar-refractivity contribution in [1.82, 2.24) is 10.2 Å². The number of carbonyl (C=O) groups is 1. The second kappa shape index (κ2) is 6.43. The number of carbonyl (C=O) groups excluding carboxylic acids is 1. The number of rotatable bonds is 5. The van der Waals surface area contributed by atoms with Crippen LogP contribution in [-0.2, 0) is 11.3 Å². The fourth-order valence-electron chi connectivity index (χ4n) is 2.03. The SMILES string of the molecule is Cc1n[nH]c(C)c1CNc1ccc(C(=O)OC(C)C)cc1. The third-order valence-electron chi connectivity index (χ3n) is 3.21. The van der Waals surface area contributed by atoms with E-state index in [2.05, 4.69) is 15.5 Å². The zero-order valence-electron chi connectivity index (χ0n) is 12.9. The van der Waals surface area contributed by atoms with Crippen LogP contribution in [0.3, 0.4) is 0 Å². The smallest absolute Gasteiger partial charge is 0.338 e. The van der Waals surface area contributed by atoms with Crippen LogP contribution in [0.4, 0.5) is 5.69 Å². The molecular weight excluding hydrogens is 266 g/mol. The summed E-state index contributed by atoms with van der Waals surface area (Å²) >= 11 is 0. The van der Waals surface area contributed by atoms with Gasteiger partial charge in [0.2, 0.25) is 0 Å². The number of hydrogen-bond acceptors (Lipinski definition) is 4. The monoisotopic (exact) mass is 287 g/mol. The van der Waals surface area contributed by atoms with E-state index in [1.165, 1.54) is 5.56 Å². The van der Waals surface area contributed by atoms with Gasteiger partial charge in [0, 0.05) is 23.5 Å². The van der Waals surface area contributed by atoms with Gasteiger partial charge in [-0.25, -0.2) is 4.79 Å². The highest BCUT2D eigenvalue weighted by molar-refractivity contribution is 5.89. The third-order valence-corrected chi connectivity index (χ3v) is 3.21. The molecular formula is C16H21N3O2. The highest BCUT2D eigenvalue weighted by atomic mass is 16.5. The summed E-state index contributed by atoms with van der Waals surface area (Å²) in [5.41, 5.74) is 4.74. The first-order chi connectivity index (χ1) is 9.97. The quantitative estimate of drug-likeness (QED) is 0.829. The average molecular weight is 287 g/mol. The predicted molar refractivity (Wildman–Crippen MR) is 82.4 cm³/mol. The van der Waals surface area contributed by atoms with Crippen LogP contribution in [0.25, 0.3) is 0 Å². The van der Waals surface area contributed by atoms with Gasteiger partial charge in [-0.3, -0.25) is 5.10 Å². The molecule has 0 amide bonds. The van der Waals surface area contributed by atoms with Gasteiger partial charge in [-0.1, -0.05) is 0 Å². The Morgan fingerprint density at radius 1 is 1.29 bits per heavy atom. The van der Waals surface area contributed by atoms with Crippen molar-refractivity contribution in [1.29, 1.82) is 0 Å². The van der Waals surface area contributed by atoms with Crippen molar-refractivity contribution in [3.05, 3.63) is 46.8 Å². The van der Waals surface area contributed by atoms with Crippen LogP contribution in [0.5, 0.6) is 0 Å². The van der Waals surface area contributed by atoms with Crippen molar-refractivity contribution >= 4 is 11.7 Å². The van der Waals surface area contributed by atoms with Gasteiger partial charge in [0.15, 0.2) is 0 Å². The lowest BCUT2D eigenvalue weighted by Crippen LogP contribution is -2.11. The number of ether oxygens (including phenoxy) is 1. The maximum absolute atomic E-state index is 11.7. The molecule has 0 radical (unpaired) electrons. The van der Waals surface area contributed by atoms with Gasteiger partial charge in [0.1, 0.15) is 0 Å². The van der Waals surface area contributed by atoms with E-state index in [0.29, 0.717) is 12.1 Å². The molecule has 0 aliphatic rings. The Morgan fingerprint density at radius 3 is 2.48 bits per heavy atom. The normalized spacial score (nSPS) is 10.7. The Morgan fingerprint density at radius 2 is 1.95 bits per heavy atom. The summed E-state index contributed by atoms with van der Waals surface area (Å²) in [4.78, 5) is 11.7. The fourth-order valence-corrected chi connectivity index (χ4v) is 2.03. The van der Waals surface area contributed by atoms with Gasteiger partial charge in [0.25, 0.3) is 0 Å². The first-order valence-electron chi connectivity index (χ1n) is 7.02. The van der Waals surface area contributed by atoms with Crippen LogP contribution in [0, 0.1) is 13.8 Å². The Kier molecular flexibility index (Phi) is 4.62. The molecule has 1 aromatic heterocycles. The Labute approximate surface area is 124 Å².